The Morgan fingerprint density at radius 1 is 1.50 bits per heavy atom. The third kappa shape index (κ3) is 4.59. The molecule has 1 atom stereocenters. The molecule has 0 aliphatic rings. The fourth-order valence-electron chi connectivity index (χ4n) is 1.39. The fraction of sp³-hybridized carbons (Fsp3) is 0.357. The van der Waals surface area contributed by atoms with Crippen molar-refractivity contribution in [2.75, 3.05) is 7.05 Å². The molecule has 0 rings (SSSR count). The van der Waals surface area contributed by atoms with E-state index in [9.17, 15) is 9.90 Å². The first kappa shape index (κ1) is 16.2. The number of rotatable bonds is 7. The van der Waals surface area contributed by atoms with Crippen molar-refractivity contribution in [1.29, 1.82) is 0 Å². The number of hydrogen-bond donors (Lipinski definition) is 3. The van der Waals surface area contributed by atoms with Crippen LogP contribution in [0.15, 0.2) is 48.2 Å². The Morgan fingerprint density at radius 3 is 2.44 bits per heavy atom. The van der Waals surface area contributed by atoms with Gasteiger partial charge in [-0.1, -0.05) is 31.4 Å². The molecule has 0 aliphatic carbocycles. The molecule has 0 spiro atoms. The molecule has 3 N–H and O–H groups in total. The monoisotopic (exact) mass is 251 g/mol. The minimum Gasteiger partial charge on any atom is -0.479 e. The van der Waals surface area contributed by atoms with Crippen LogP contribution in [0.25, 0.3) is 0 Å². The van der Waals surface area contributed by atoms with Gasteiger partial charge < -0.3 is 15.5 Å². The van der Waals surface area contributed by atoms with Gasteiger partial charge in [-0.15, -0.1) is 0 Å². The highest BCUT2D eigenvalue weighted by Gasteiger charge is 2.31. The third-order valence-electron chi connectivity index (χ3n) is 2.58. The van der Waals surface area contributed by atoms with Gasteiger partial charge in [-0.05, 0) is 25.0 Å². The Morgan fingerprint density at radius 2 is 2.06 bits per heavy atom. The van der Waals surface area contributed by atoms with E-state index >= 15 is 0 Å². The van der Waals surface area contributed by atoms with Crippen molar-refractivity contribution in [3.63, 3.8) is 0 Å². The largest absolute Gasteiger partial charge is 0.479 e. The van der Waals surface area contributed by atoms with Crippen molar-refractivity contribution in [3.05, 3.63) is 48.2 Å². The maximum absolute atomic E-state index is 10.9. The molecule has 4 nitrogen and oxygen atoms in total. The van der Waals surface area contributed by atoms with E-state index < -0.39 is 11.6 Å². The van der Waals surface area contributed by atoms with Gasteiger partial charge in [0, 0.05) is 19.2 Å². The summed E-state index contributed by atoms with van der Waals surface area (Å²) in [5, 5.41) is 21.6. The van der Waals surface area contributed by atoms with Gasteiger partial charge in [-0.3, -0.25) is 0 Å². The molecule has 100 valence electrons. The highest BCUT2D eigenvalue weighted by atomic mass is 16.4. The highest BCUT2D eigenvalue weighted by Crippen LogP contribution is 2.23. The van der Waals surface area contributed by atoms with Crippen molar-refractivity contribution in [1.82, 2.24) is 5.32 Å². The molecule has 0 saturated carbocycles. The first-order valence-electron chi connectivity index (χ1n) is 5.58. The van der Waals surface area contributed by atoms with E-state index in [4.69, 9.17) is 5.11 Å². The summed E-state index contributed by atoms with van der Waals surface area (Å²) in [7, 11) is 1.76. The van der Waals surface area contributed by atoms with Crippen LogP contribution in [0.4, 0.5) is 0 Å². The van der Waals surface area contributed by atoms with Gasteiger partial charge in [0.2, 0.25) is 0 Å². The Kier molecular flexibility index (Phi) is 6.13. The smallest absolute Gasteiger partial charge is 0.335 e. The normalized spacial score (nSPS) is 15.8. The van der Waals surface area contributed by atoms with Gasteiger partial charge in [0.15, 0.2) is 5.60 Å². The number of carboxylic acid groups (broad SMARTS) is 1. The fourth-order valence-corrected chi connectivity index (χ4v) is 1.39. The lowest BCUT2D eigenvalue weighted by atomic mass is 9.92. The summed E-state index contributed by atoms with van der Waals surface area (Å²) in [6.45, 7) is 10.5. The zero-order valence-electron chi connectivity index (χ0n) is 11.2. The summed E-state index contributed by atoms with van der Waals surface area (Å²) in [5.74, 6) is -1.27. The van der Waals surface area contributed by atoms with Crippen LogP contribution in [-0.4, -0.2) is 28.8 Å². The molecule has 0 heterocycles. The molecule has 0 bridgehead atoms. The van der Waals surface area contributed by atoms with Crippen LogP contribution < -0.4 is 5.32 Å². The average Bonchev–Trinajstić information content (AvgIpc) is 2.28. The van der Waals surface area contributed by atoms with E-state index in [1.807, 2.05) is 6.92 Å². The SMILES string of the molecule is C=C/C=C\C(C(=C)C[C@](C)(O)C(=O)O)=C(/C)NC. The van der Waals surface area contributed by atoms with E-state index in [0.717, 1.165) is 11.3 Å². The van der Waals surface area contributed by atoms with Gasteiger partial charge in [0.1, 0.15) is 0 Å². The predicted molar refractivity (Wildman–Crippen MR) is 73.1 cm³/mol. The van der Waals surface area contributed by atoms with Crippen molar-refractivity contribution in [3.8, 4) is 0 Å². The molecule has 0 radical (unpaired) electrons. The number of carboxylic acids is 1. The first-order chi connectivity index (χ1) is 8.26. The average molecular weight is 251 g/mol. The first-order valence-corrected chi connectivity index (χ1v) is 5.58. The molecule has 18 heavy (non-hydrogen) atoms. The minimum absolute atomic E-state index is 0.0435. The number of allylic oxidation sites excluding steroid dienone is 5. The highest BCUT2D eigenvalue weighted by molar-refractivity contribution is 5.77. The van der Waals surface area contributed by atoms with Gasteiger partial charge >= 0.3 is 5.97 Å². The van der Waals surface area contributed by atoms with Crippen LogP contribution >= 0.6 is 0 Å². The zero-order chi connectivity index (χ0) is 14.3. The molecule has 0 aromatic carbocycles. The number of aliphatic hydroxyl groups is 1. The second kappa shape index (κ2) is 6.81. The number of carbonyl (C=O) groups is 1. The quantitative estimate of drug-likeness (QED) is 0.605. The van der Waals surface area contributed by atoms with Crippen molar-refractivity contribution in [2.45, 2.75) is 25.9 Å². The van der Waals surface area contributed by atoms with Crippen LogP contribution in [0.2, 0.25) is 0 Å². The van der Waals surface area contributed by atoms with Crippen molar-refractivity contribution >= 4 is 5.97 Å². The second-order valence-electron chi connectivity index (χ2n) is 4.24. The lowest BCUT2D eigenvalue weighted by Crippen LogP contribution is -2.35. The van der Waals surface area contributed by atoms with Crippen LogP contribution in [0, 0.1) is 0 Å². The molecule has 0 aliphatic heterocycles. The van der Waals surface area contributed by atoms with Crippen LogP contribution in [0.3, 0.4) is 0 Å². The maximum atomic E-state index is 10.9. The summed E-state index contributed by atoms with van der Waals surface area (Å²) in [6, 6.07) is 0. The lowest BCUT2D eigenvalue weighted by Gasteiger charge is -2.20. The summed E-state index contributed by atoms with van der Waals surface area (Å²) >= 11 is 0. The Balaban J connectivity index is 5.19. The number of nitrogens with one attached hydrogen (secondary N) is 1. The molecule has 0 fully saturated rings. The predicted octanol–water partition coefficient (Wildman–Crippen LogP) is 2.00. The topological polar surface area (TPSA) is 69.6 Å². The van der Waals surface area contributed by atoms with E-state index in [-0.39, 0.29) is 6.42 Å². The Hall–Kier alpha value is -1.81. The van der Waals surface area contributed by atoms with Crippen LogP contribution in [0.1, 0.15) is 20.3 Å². The van der Waals surface area contributed by atoms with Gasteiger partial charge in [-0.25, -0.2) is 4.79 Å². The standard InChI is InChI=1S/C14H21NO3/c1-6-7-8-12(11(3)15-5)10(2)9-14(4,18)13(16)17/h6-8,15,18H,1-2,9H2,3-5H3,(H,16,17)/b8-7-,12-11-/t14-/m0/s1. The third-order valence-corrected chi connectivity index (χ3v) is 2.58. The number of aliphatic carboxylic acids is 1. The van der Waals surface area contributed by atoms with Crippen LogP contribution in [0.5, 0.6) is 0 Å². The second-order valence-corrected chi connectivity index (χ2v) is 4.24. The molecular formula is C14H21NO3. The molecular weight excluding hydrogens is 230 g/mol. The summed E-state index contributed by atoms with van der Waals surface area (Å²) in [4.78, 5) is 10.9. The molecule has 0 unspecified atom stereocenters. The summed E-state index contributed by atoms with van der Waals surface area (Å²) < 4.78 is 0. The Labute approximate surface area is 108 Å². The van der Waals surface area contributed by atoms with Crippen molar-refractivity contribution in [2.24, 2.45) is 0 Å². The zero-order valence-corrected chi connectivity index (χ0v) is 11.2. The number of hydrogen-bond acceptors (Lipinski definition) is 3. The van der Waals surface area contributed by atoms with E-state index in [0.29, 0.717) is 5.57 Å². The van der Waals surface area contributed by atoms with E-state index in [2.05, 4.69) is 18.5 Å². The molecule has 0 aromatic heterocycles. The van der Waals surface area contributed by atoms with Gasteiger partial charge in [0.05, 0.1) is 0 Å². The summed E-state index contributed by atoms with van der Waals surface area (Å²) in [5.41, 5.74) is 0.337. The van der Waals surface area contributed by atoms with E-state index in [1.54, 1.807) is 25.3 Å². The Bertz CT molecular complexity index is 403. The minimum atomic E-state index is -1.82. The van der Waals surface area contributed by atoms with Crippen molar-refractivity contribution < 1.29 is 15.0 Å². The summed E-state index contributed by atoms with van der Waals surface area (Å²) in [6.07, 6.45) is 5.08. The van der Waals surface area contributed by atoms with Gasteiger partial charge in [-0.2, -0.15) is 0 Å². The molecule has 0 amide bonds. The van der Waals surface area contributed by atoms with E-state index in [1.165, 1.54) is 6.92 Å². The molecule has 0 aromatic rings. The maximum Gasteiger partial charge on any atom is 0.335 e. The molecule has 0 saturated heterocycles. The lowest BCUT2D eigenvalue weighted by molar-refractivity contribution is -0.156. The van der Waals surface area contributed by atoms with Crippen LogP contribution in [-0.2, 0) is 4.79 Å². The molecule has 4 heteroatoms. The van der Waals surface area contributed by atoms with Gasteiger partial charge in [0.25, 0.3) is 0 Å².